The zero-order valence-corrected chi connectivity index (χ0v) is 13.2. The molecule has 0 saturated carbocycles. The van der Waals surface area contributed by atoms with Crippen LogP contribution in [0.2, 0.25) is 0 Å². The Bertz CT molecular complexity index is 573. The molecule has 0 saturated heterocycles. The standard InChI is InChI=1S/C20H24N2/c1-18(15-22-17-20-12-6-3-7-13-20)9-8-14-21-16-19-10-4-2-5-11-19/h2-7,10-13,16-18H,8-9,14-15H2,1H3. The third-order valence-electron chi connectivity index (χ3n) is 3.48. The molecule has 2 aromatic carbocycles. The predicted molar refractivity (Wildman–Crippen MR) is 96.2 cm³/mol. The lowest BCUT2D eigenvalue weighted by atomic mass is 10.1. The average molecular weight is 292 g/mol. The molecular formula is C20H24N2. The highest BCUT2D eigenvalue weighted by Crippen LogP contribution is 2.06. The number of nitrogens with zero attached hydrogens (tertiary/aromatic N) is 2. The third-order valence-corrected chi connectivity index (χ3v) is 3.48. The zero-order valence-electron chi connectivity index (χ0n) is 13.2. The summed E-state index contributed by atoms with van der Waals surface area (Å²) in [7, 11) is 0. The highest BCUT2D eigenvalue weighted by molar-refractivity contribution is 5.79. The molecule has 2 aromatic rings. The van der Waals surface area contributed by atoms with Crippen molar-refractivity contribution in [3.8, 4) is 0 Å². The first-order valence-corrected chi connectivity index (χ1v) is 7.94. The fourth-order valence-corrected chi connectivity index (χ4v) is 2.21. The molecule has 0 aliphatic carbocycles. The van der Waals surface area contributed by atoms with Gasteiger partial charge < -0.3 is 0 Å². The average Bonchev–Trinajstić information content (AvgIpc) is 2.56. The van der Waals surface area contributed by atoms with Crippen molar-refractivity contribution in [1.29, 1.82) is 0 Å². The van der Waals surface area contributed by atoms with Crippen LogP contribution in [-0.4, -0.2) is 25.5 Å². The molecule has 0 radical (unpaired) electrons. The Labute approximate surface area is 133 Å². The molecule has 0 aliphatic rings. The molecule has 0 fully saturated rings. The second kappa shape index (κ2) is 9.67. The van der Waals surface area contributed by atoms with Crippen LogP contribution in [0.3, 0.4) is 0 Å². The summed E-state index contributed by atoms with van der Waals surface area (Å²) in [6, 6.07) is 20.5. The van der Waals surface area contributed by atoms with Gasteiger partial charge in [0.25, 0.3) is 0 Å². The first kappa shape index (κ1) is 16.2. The van der Waals surface area contributed by atoms with E-state index in [4.69, 9.17) is 0 Å². The molecule has 1 unspecified atom stereocenters. The van der Waals surface area contributed by atoms with Gasteiger partial charge in [-0.15, -0.1) is 0 Å². The molecule has 0 N–H and O–H groups in total. The second-order valence-electron chi connectivity index (χ2n) is 5.60. The molecule has 2 rings (SSSR count). The van der Waals surface area contributed by atoms with E-state index >= 15 is 0 Å². The summed E-state index contributed by atoms with van der Waals surface area (Å²) in [5.74, 6) is 0.604. The normalized spacial score (nSPS) is 13.0. The van der Waals surface area contributed by atoms with Gasteiger partial charge in [-0.2, -0.15) is 0 Å². The number of hydrogen-bond acceptors (Lipinski definition) is 2. The van der Waals surface area contributed by atoms with Crippen LogP contribution in [0.25, 0.3) is 0 Å². The van der Waals surface area contributed by atoms with Gasteiger partial charge in [0.05, 0.1) is 0 Å². The lowest BCUT2D eigenvalue weighted by molar-refractivity contribution is 0.527. The van der Waals surface area contributed by atoms with Crippen LogP contribution >= 0.6 is 0 Å². The molecule has 0 aliphatic heterocycles. The Balaban J connectivity index is 1.61. The van der Waals surface area contributed by atoms with Crippen LogP contribution in [0.15, 0.2) is 70.6 Å². The van der Waals surface area contributed by atoms with Crippen molar-refractivity contribution in [3.63, 3.8) is 0 Å². The maximum atomic E-state index is 4.52. The maximum Gasteiger partial charge on any atom is 0.0415 e. The molecule has 0 aromatic heterocycles. The summed E-state index contributed by atoms with van der Waals surface area (Å²) in [5.41, 5.74) is 2.34. The van der Waals surface area contributed by atoms with Crippen molar-refractivity contribution < 1.29 is 0 Å². The molecule has 0 bridgehead atoms. The summed E-state index contributed by atoms with van der Waals surface area (Å²) in [5, 5.41) is 0. The first-order valence-electron chi connectivity index (χ1n) is 7.94. The topological polar surface area (TPSA) is 24.7 Å². The van der Waals surface area contributed by atoms with E-state index < -0.39 is 0 Å². The van der Waals surface area contributed by atoms with Crippen LogP contribution in [0.1, 0.15) is 30.9 Å². The lowest BCUT2D eigenvalue weighted by Crippen LogP contribution is -2.01. The Morgan fingerprint density at radius 1 is 0.818 bits per heavy atom. The lowest BCUT2D eigenvalue weighted by Gasteiger charge is -2.06. The summed E-state index contributed by atoms with van der Waals surface area (Å²) >= 11 is 0. The summed E-state index contributed by atoms with van der Waals surface area (Å²) in [6.45, 7) is 4.03. The van der Waals surface area contributed by atoms with E-state index in [-0.39, 0.29) is 0 Å². The largest absolute Gasteiger partial charge is 0.293 e. The molecule has 0 spiro atoms. The minimum atomic E-state index is 0.604. The van der Waals surface area contributed by atoms with Crippen LogP contribution in [0.4, 0.5) is 0 Å². The van der Waals surface area contributed by atoms with Gasteiger partial charge in [0, 0.05) is 25.5 Å². The number of hydrogen-bond donors (Lipinski definition) is 0. The van der Waals surface area contributed by atoms with Gasteiger partial charge in [0.1, 0.15) is 0 Å². The highest BCUT2D eigenvalue weighted by Gasteiger charge is 1.99. The van der Waals surface area contributed by atoms with E-state index in [0.29, 0.717) is 5.92 Å². The fraction of sp³-hybridized carbons (Fsp3) is 0.300. The zero-order chi connectivity index (χ0) is 15.5. The Morgan fingerprint density at radius 3 is 1.95 bits per heavy atom. The summed E-state index contributed by atoms with van der Waals surface area (Å²) in [4.78, 5) is 9.00. The van der Waals surface area contributed by atoms with Crippen LogP contribution in [0.5, 0.6) is 0 Å². The van der Waals surface area contributed by atoms with Crippen molar-refractivity contribution in [2.75, 3.05) is 13.1 Å². The van der Waals surface area contributed by atoms with Gasteiger partial charge in [-0.05, 0) is 29.9 Å². The number of rotatable bonds is 8. The summed E-state index contributed by atoms with van der Waals surface area (Å²) < 4.78 is 0. The second-order valence-corrected chi connectivity index (χ2v) is 5.60. The quantitative estimate of drug-likeness (QED) is 0.500. The smallest absolute Gasteiger partial charge is 0.0415 e. The maximum absolute atomic E-state index is 4.52. The summed E-state index contributed by atoms with van der Waals surface area (Å²) in [6.07, 6.45) is 6.20. The minimum absolute atomic E-state index is 0.604. The molecular weight excluding hydrogens is 268 g/mol. The Kier molecular flexibility index (Phi) is 7.10. The Hall–Kier alpha value is -2.22. The van der Waals surface area contributed by atoms with E-state index in [9.17, 15) is 0 Å². The van der Waals surface area contributed by atoms with E-state index in [0.717, 1.165) is 25.9 Å². The van der Waals surface area contributed by atoms with Crippen molar-refractivity contribution in [2.24, 2.45) is 15.9 Å². The number of aliphatic imine (C=N–C) groups is 2. The predicted octanol–water partition coefficient (Wildman–Crippen LogP) is 4.64. The van der Waals surface area contributed by atoms with Crippen LogP contribution in [-0.2, 0) is 0 Å². The van der Waals surface area contributed by atoms with Crippen molar-refractivity contribution in [3.05, 3.63) is 71.8 Å². The first-order chi connectivity index (χ1) is 10.8. The SMILES string of the molecule is CC(CCCN=Cc1ccccc1)CN=Cc1ccccc1. The molecule has 2 heteroatoms. The van der Waals surface area contributed by atoms with Crippen LogP contribution in [0, 0.1) is 5.92 Å². The van der Waals surface area contributed by atoms with Gasteiger partial charge in [-0.25, -0.2) is 0 Å². The fourth-order valence-electron chi connectivity index (χ4n) is 2.21. The van der Waals surface area contributed by atoms with Crippen molar-refractivity contribution in [2.45, 2.75) is 19.8 Å². The van der Waals surface area contributed by atoms with Gasteiger partial charge >= 0.3 is 0 Å². The molecule has 1 atom stereocenters. The molecule has 2 nitrogen and oxygen atoms in total. The van der Waals surface area contributed by atoms with E-state index in [1.807, 2.05) is 48.8 Å². The van der Waals surface area contributed by atoms with Gasteiger partial charge in [0.2, 0.25) is 0 Å². The van der Waals surface area contributed by atoms with Crippen molar-refractivity contribution in [1.82, 2.24) is 0 Å². The number of benzene rings is 2. The van der Waals surface area contributed by atoms with E-state index in [2.05, 4.69) is 41.2 Å². The minimum Gasteiger partial charge on any atom is -0.293 e. The monoisotopic (exact) mass is 292 g/mol. The molecule has 114 valence electrons. The Morgan fingerprint density at radius 2 is 1.36 bits per heavy atom. The van der Waals surface area contributed by atoms with E-state index in [1.54, 1.807) is 0 Å². The van der Waals surface area contributed by atoms with E-state index in [1.165, 1.54) is 11.1 Å². The molecule has 0 heterocycles. The third kappa shape index (κ3) is 6.49. The molecule has 0 amide bonds. The van der Waals surface area contributed by atoms with Crippen molar-refractivity contribution >= 4 is 12.4 Å². The molecule has 22 heavy (non-hydrogen) atoms. The highest BCUT2D eigenvalue weighted by atomic mass is 14.7. The van der Waals surface area contributed by atoms with Gasteiger partial charge in [-0.1, -0.05) is 67.6 Å². The van der Waals surface area contributed by atoms with Gasteiger partial charge in [-0.3, -0.25) is 9.98 Å². The van der Waals surface area contributed by atoms with Gasteiger partial charge in [0.15, 0.2) is 0 Å². The van der Waals surface area contributed by atoms with Crippen LogP contribution < -0.4 is 0 Å².